The Balaban J connectivity index is 2.70. The largest absolute Gasteiger partial charge is 0.344 e. The van der Waals surface area contributed by atoms with Crippen molar-refractivity contribution in [2.24, 2.45) is 5.41 Å². The van der Waals surface area contributed by atoms with E-state index in [9.17, 15) is 9.59 Å². The van der Waals surface area contributed by atoms with Crippen LogP contribution in [-0.2, 0) is 9.59 Å². The Morgan fingerprint density at radius 1 is 1.32 bits per heavy atom. The summed E-state index contributed by atoms with van der Waals surface area (Å²) in [5.41, 5.74) is -0.253. The third-order valence-electron chi connectivity index (χ3n) is 3.37. The lowest BCUT2D eigenvalue weighted by Gasteiger charge is -2.32. The van der Waals surface area contributed by atoms with E-state index < -0.39 is 6.04 Å². The molecule has 5 nitrogen and oxygen atoms in total. The van der Waals surface area contributed by atoms with Gasteiger partial charge in [-0.2, -0.15) is 0 Å². The lowest BCUT2D eigenvalue weighted by molar-refractivity contribution is -0.136. The number of rotatable bonds is 4. The molecule has 0 radical (unpaired) electrons. The average molecular weight is 269 g/mol. The molecule has 0 aromatic heterocycles. The summed E-state index contributed by atoms with van der Waals surface area (Å²) in [5.74, 6) is 0.0282. The zero-order valence-electron chi connectivity index (χ0n) is 12.8. The minimum absolute atomic E-state index is 0.0246. The van der Waals surface area contributed by atoms with Crippen LogP contribution in [0.1, 0.15) is 33.6 Å². The van der Waals surface area contributed by atoms with Crippen LogP contribution in [0.4, 0.5) is 0 Å². The third-order valence-corrected chi connectivity index (χ3v) is 3.37. The van der Waals surface area contributed by atoms with Gasteiger partial charge in [0.05, 0.1) is 0 Å². The summed E-state index contributed by atoms with van der Waals surface area (Å²) in [6.45, 7) is 8.16. The molecule has 1 saturated heterocycles. The lowest BCUT2D eigenvalue weighted by Crippen LogP contribution is -2.52. The standard InChI is InChI=1S/C14H27N3O2/c1-14(2,3)12-13(19)17(9-6-8-16(4)5)10-7-11(18)15-12/h12H,6-10H2,1-5H3,(H,15,18). The second-order valence-electron chi connectivity index (χ2n) is 6.60. The highest BCUT2D eigenvalue weighted by Crippen LogP contribution is 2.23. The van der Waals surface area contributed by atoms with Crippen LogP contribution in [0.2, 0.25) is 0 Å². The summed E-state index contributed by atoms with van der Waals surface area (Å²) in [6.07, 6.45) is 1.34. The van der Waals surface area contributed by atoms with Gasteiger partial charge in [-0.15, -0.1) is 0 Å². The molecular formula is C14H27N3O2. The molecule has 110 valence electrons. The van der Waals surface area contributed by atoms with Gasteiger partial charge in [0.2, 0.25) is 11.8 Å². The maximum atomic E-state index is 12.5. The number of nitrogens with one attached hydrogen (secondary N) is 1. The molecule has 0 saturated carbocycles. The Morgan fingerprint density at radius 3 is 2.47 bits per heavy atom. The minimum Gasteiger partial charge on any atom is -0.344 e. The van der Waals surface area contributed by atoms with Crippen molar-refractivity contribution < 1.29 is 9.59 Å². The molecule has 1 unspecified atom stereocenters. The van der Waals surface area contributed by atoms with Gasteiger partial charge in [-0.3, -0.25) is 9.59 Å². The van der Waals surface area contributed by atoms with Crippen LogP contribution in [0.3, 0.4) is 0 Å². The number of carbonyl (C=O) groups is 2. The smallest absolute Gasteiger partial charge is 0.245 e. The molecule has 1 rings (SSSR count). The molecule has 5 heteroatoms. The van der Waals surface area contributed by atoms with Crippen LogP contribution in [-0.4, -0.2) is 61.4 Å². The fourth-order valence-corrected chi connectivity index (χ4v) is 2.21. The van der Waals surface area contributed by atoms with E-state index in [4.69, 9.17) is 0 Å². The van der Waals surface area contributed by atoms with E-state index in [0.29, 0.717) is 13.0 Å². The Kier molecular flexibility index (Phi) is 5.35. The van der Waals surface area contributed by atoms with Crippen molar-refractivity contribution in [1.29, 1.82) is 0 Å². The van der Waals surface area contributed by atoms with Crippen molar-refractivity contribution in [3.63, 3.8) is 0 Å². The summed E-state index contributed by atoms with van der Waals surface area (Å²) in [7, 11) is 4.04. The van der Waals surface area contributed by atoms with Crippen molar-refractivity contribution in [3.8, 4) is 0 Å². The number of nitrogens with zero attached hydrogens (tertiary/aromatic N) is 2. The monoisotopic (exact) mass is 269 g/mol. The first-order valence-electron chi connectivity index (χ1n) is 6.94. The van der Waals surface area contributed by atoms with Gasteiger partial charge in [0.15, 0.2) is 0 Å². The molecule has 19 heavy (non-hydrogen) atoms. The predicted octanol–water partition coefficient (Wildman–Crippen LogP) is 0.701. The molecule has 0 aromatic carbocycles. The van der Waals surface area contributed by atoms with Gasteiger partial charge in [0.25, 0.3) is 0 Å². The van der Waals surface area contributed by atoms with E-state index in [1.807, 2.05) is 39.8 Å². The number of carbonyl (C=O) groups excluding carboxylic acids is 2. The number of hydrogen-bond acceptors (Lipinski definition) is 3. The van der Waals surface area contributed by atoms with Gasteiger partial charge in [0, 0.05) is 19.5 Å². The molecule has 1 aliphatic heterocycles. The molecule has 0 bridgehead atoms. The summed E-state index contributed by atoms with van der Waals surface area (Å²) in [4.78, 5) is 28.2. The van der Waals surface area contributed by atoms with Gasteiger partial charge >= 0.3 is 0 Å². The third kappa shape index (κ3) is 4.82. The van der Waals surface area contributed by atoms with Gasteiger partial charge in [-0.05, 0) is 32.5 Å². The van der Waals surface area contributed by atoms with E-state index >= 15 is 0 Å². The quantitative estimate of drug-likeness (QED) is 0.817. The molecule has 1 heterocycles. The number of amides is 2. The fraction of sp³-hybridized carbons (Fsp3) is 0.857. The van der Waals surface area contributed by atoms with E-state index in [1.165, 1.54) is 0 Å². The average Bonchev–Trinajstić information content (AvgIpc) is 2.40. The summed E-state index contributed by atoms with van der Waals surface area (Å²) < 4.78 is 0. The second kappa shape index (κ2) is 6.37. The zero-order chi connectivity index (χ0) is 14.6. The van der Waals surface area contributed by atoms with Crippen LogP contribution in [0.5, 0.6) is 0 Å². The molecule has 1 atom stereocenters. The van der Waals surface area contributed by atoms with E-state index in [1.54, 1.807) is 0 Å². The SMILES string of the molecule is CN(C)CCCN1CCC(=O)NC(C(C)(C)C)C1=O. The summed E-state index contributed by atoms with van der Waals surface area (Å²) >= 11 is 0. The Hall–Kier alpha value is -1.10. The first kappa shape index (κ1) is 16.0. The summed E-state index contributed by atoms with van der Waals surface area (Å²) in [5, 5.41) is 2.86. The molecule has 2 amide bonds. The lowest BCUT2D eigenvalue weighted by atomic mass is 9.86. The van der Waals surface area contributed by atoms with Crippen LogP contribution in [0.25, 0.3) is 0 Å². The topological polar surface area (TPSA) is 52.6 Å². The van der Waals surface area contributed by atoms with E-state index in [-0.39, 0.29) is 17.2 Å². The van der Waals surface area contributed by atoms with Crippen LogP contribution in [0, 0.1) is 5.41 Å². The van der Waals surface area contributed by atoms with Gasteiger partial charge in [-0.1, -0.05) is 20.8 Å². The first-order chi connectivity index (χ1) is 8.71. The number of hydrogen-bond donors (Lipinski definition) is 1. The molecular weight excluding hydrogens is 242 g/mol. The highest BCUT2D eigenvalue weighted by Gasteiger charge is 2.37. The van der Waals surface area contributed by atoms with Crippen LogP contribution >= 0.6 is 0 Å². The molecule has 0 aliphatic carbocycles. The fourth-order valence-electron chi connectivity index (χ4n) is 2.21. The maximum absolute atomic E-state index is 12.5. The van der Waals surface area contributed by atoms with Crippen LogP contribution in [0.15, 0.2) is 0 Å². The predicted molar refractivity (Wildman–Crippen MR) is 75.8 cm³/mol. The van der Waals surface area contributed by atoms with Gasteiger partial charge in [-0.25, -0.2) is 0 Å². The zero-order valence-corrected chi connectivity index (χ0v) is 12.8. The molecule has 1 fully saturated rings. The van der Waals surface area contributed by atoms with E-state index in [2.05, 4.69) is 10.2 Å². The molecule has 1 N–H and O–H groups in total. The van der Waals surface area contributed by atoms with E-state index in [0.717, 1.165) is 19.5 Å². The molecule has 0 aromatic rings. The van der Waals surface area contributed by atoms with Crippen LogP contribution < -0.4 is 5.32 Å². The molecule has 1 aliphatic rings. The Bertz CT molecular complexity index is 334. The van der Waals surface area contributed by atoms with Crippen molar-refractivity contribution in [3.05, 3.63) is 0 Å². The highest BCUT2D eigenvalue weighted by atomic mass is 16.2. The van der Waals surface area contributed by atoms with Crippen molar-refractivity contribution >= 4 is 11.8 Å². The Morgan fingerprint density at radius 2 is 1.95 bits per heavy atom. The normalized spacial score (nSPS) is 21.6. The van der Waals surface area contributed by atoms with Gasteiger partial charge in [0.1, 0.15) is 6.04 Å². The summed E-state index contributed by atoms with van der Waals surface area (Å²) in [6, 6.07) is -0.415. The maximum Gasteiger partial charge on any atom is 0.245 e. The highest BCUT2D eigenvalue weighted by molar-refractivity contribution is 5.90. The van der Waals surface area contributed by atoms with Gasteiger partial charge < -0.3 is 15.1 Å². The molecule has 0 spiro atoms. The first-order valence-corrected chi connectivity index (χ1v) is 6.94. The minimum atomic E-state index is -0.415. The van der Waals surface area contributed by atoms with Crippen molar-refractivity contribution in [1.82, 2.24) is 15.1 Å². The second-order valence-corrected chi connectivity index (χ2v) is 6.60. The van der Waals surface area contributed by atoms with Crippen molar-refractivity contribution in [2.75, 3.05) is 33.7 Å². The van der Waals surface area contributed by atoms with Crippen molar-refractivity contribution in [2.45, 2.75) is 39.7 Å². The Labute approximate surface area is 116 Å².